The fraction of sp³-hybridized carbons (Fsp3) is 0.348. The van der Waals surface area contributed by atoms with Gasteiger partial charge >= 0.3 is 0 Å². The second-order valence-corrected chi connectivity index (χ2v) is 8.31. The van der Waals surface area contributed by atoms with Gasteiger partial charge in [-0.2, -0.15) is 5.10 Å². The highest BCUT2D eigenvalue weighted by atomic mass is 16.1. The first-order chi connectivity index (χ1) is 13.5. The summed E-state index contributed by atoms with van der Waals surface area (Å²) in [4.78, 5) is 16.7. The number of fused-ring (bicyclic) bond motifs is 1. The first-order valence-electron chi connectivity index (χ1n) is 9.82. The van der Waals surface area contributed by atoms with Gasteiger partial charge in [0.15, 0.2) is 0 Å². The van der Waals surface area contributed by atoms with Crippen molar-refractivity contribution in [2.24, 2.45) is 5.41 Å². The predicted molar refractivity (Wildman–Crippen MR) is 109 cm³/mol. The summed E-state index contributed by atoms with van der Waals surface area (Å²) in [6, 6.07) is 14.1. The van der Waals surface area contributed by atoms with Gasteiger partial charge in [0.2, 0.25) is 5.91 Å². The van der Waals surface area contributed by atoms with Crippen molar-refractivity contribution in [2.45, 2.75) is 45.6 Å². The lowest BCUT2D eigenvalue weighted by Crippen LogP contribution is -2.36. The van der Waals surface area contributed by atoms with Crippen molar-refractivity contribution in [1.29, 1.82) is 0 Å². The maximum atomic E-state index is 12.6. The Kier molecular flexibility index (Phi) is 4.99. The smallest absolute Gasteiger partial charge is 0.220 e. The van der Waals surface area contributed by atoms with Crippen LogP contribution in [0.3, 0.4) is 0 Å². The van der Waals surface area contributed by atoms with Crippen LogP contribution in [0.4, 0.5) is 0 Å². The quantitative estimate of drug-likeness (QED) is 0.733. The van der Waals surface area contributed by atoms with E-state index in [4.69, 9.17) is 0 Å². The molecule has 0 radical (unpaired) electrons. The average Bonchev–Trinajstić information content (AvgIpc) is 3.10. The average molecular weight is 374 g/mol. The summed E-state index contributed by atoms with van der Waals surface area (Å²) < 4.78 is 2.02. The van der Waals surface area contributed by atoms with Crippen LogP contribution >= 0.6 is 0 Å². The van der Waals surface area contributed by atoms with Crippen molar-refractivity contribution in [1.82, 2.24) is 20.1 Å². The highest BCUT2D eigenvalue weighted by Gasteiger charge is 2.35. The SMILES string of the molecule is CC1(C)Cc2c(cnn2-c2ccccc2)[C@@H](NC(=O)CCc2ccncc2)C1. The van der Waals surface area contributed by atoms with Gasteiger partial charge in [0.25, 0.3) is 0 Å². The minimum Gasteiger partial charge on any atom is -0.349 e. The van der Waals surface area contributed by atoms with E-state index in [2.05, 4.69) is 41.4 Å². The largest absolute Gasteiger partial charge is 0.349 e. The number of amides is 1. The normalized spacial score (nSPS) is 17.7. The number of nitrogens with one attached hydrogen (secondary N) is 1. The summed E-state index contributed by atoms with van der Waals surface area (Å²) in [6.45, 7) is 4.52. The monoisotopic (exact) mass is 374 g/mol. The molecule has 1 aliphatic rings. The molecule has 0 saturated carbocycles. The third-order valence-electron chi connectivity index (χ3n) is 5.41. The third kappa shape index (κ3) is 3.98. The van der Waals surface area contributed by atoms with Crippen LogP contribution in [0.1, 0.15) is 49.6 Å². The van der Waals surface area contributed by atoms with Crippen LogP contribution in [0.2, 0.25) is 0 Å². The van der Waals surface area contributed by atoms with Gasteiger partial charge in [0, 0.05) is 24.4 Å². The van der Waals surface area contributed by atoms with E-state index in [1.165, 1.54) is 5.69 Å². The molecule has 28 heavy (non-hydrogen) atoms. The molecule has 0 fully saturated rings. The van der Waals surface area contributed by atoms with Gasteiger partial charge in [-0.3, -0.25) is 9.78 Å². The second-order valence-electron chi connectivity index (χ2n) is 8.31. The first-order valence-corrected chi connectivity index (χ1v) is 9.82. The molecule has 0 spiro atoms. The van der Waals surface area contributed by atoms with E-state index in [1.54, 1.807) is 12.4 Å². The predicted octanol–water partition coefficient (Wildman–Crippen LogP) is 4.03. The number of hydrogen-bond donors (Lipinski definition) is 1. The lowest BCUT2D eigenvalue weighted by molar-refractivity contribution is -0.122. The minimum absolute atomic E-state index is 0.00107. The lowest BCUT2D eigenvalue weighted by atomic mass is 9.74. The minimum atomic E-state index is 0.00107. The number of aryl methyl sites for hydroxylation is 1. The summed E-state index contributed by atoms with van der Waals surface area (Å²) in [6.07, 6.45) is 8.51. The lowest BCUT2D eigenvalue weighted by Gasteiger charge is -2.36. The fourth-order valence-corrected chi connectivity index (χ4v) is 4.04. The molecule has 3 aromatic rings. The van der Waals surface area contributed by atoms with E-state index in [9.17, 15) is 4.79 Å². The summed E-state index contributed by atoms with van der Waals surface area (Å²) in [5, 5.41) is 7.90. The highest BCUT2D eigenvalue weighted by molar-refractivity contribution is 5.76. The van der Waals surface area contributed by atoms with Crippen molar-refractivity contribution in [3.63, 3.8) is 0 Å². The molecule has 5 nitrogen and oxygen atoms in total. The Balaban J connectivity index is 1.52. The molecular weight excluding hydrogens is 348 g/mol. The maximum absolute atomic E-state index is 12.6. The topological polar surface area (TPSA) is 59.8 Å². The Hall–Kier alpha value is -2.95. The van der Waals surface area contributed by atoms with Crippen LogP contribution in [0, 0.1) is 5.41 Å². The second kappa shape index (κ2) is 7.58. The first kappa shape index (κ1) is 18.4. The van der Waals surface area contributed by atoms with Crippen LogP contribution in [0.15, 0.2) is 61.1 Å². The van der Waals surface area contributed by atoms with Crippen LogP contribution < -0.4 is 5.32 Å². The molecule has 4 rings (SSSR count). The zero-order chi connectivity index (χ0) is 19.6. The number of carbonyl (C=O) groups is 1. The van der Waals surface area contributed by atoms with Crippen molar-refractivity contribution in [3.8, 4) is 5.69 Å². The van der Waals surface area contributed by atoms with E-state index in [-0.39, 0.29) is 17.4 Å². The van der Waals surface area contributed by atoms with E-state index >= 15 is 0 Å². The molecule has 1 N–H and O–H groups in total. The number of hydrogen-bond acceptors (Lipinski definition) is 3. The van der Waals surface area contributed by atoms with E-state index in [1.807, 2.05) is 41.2 Å². The molecule has 5 heteroatoms. The molecule has 1 aliphatic carbocycles. The van der Waals surface area contributed by atoms with Gasteiger partial charge in [-0.25, -0.2) is 4.68 Å². The number of aromatic nitrogens is 3. The van der Waals surface area contributed by atoms with Gasteiger partial charge in [-0.05, 0) is 54.5 Å². The maximum Gasteiger partial charge on any atom is 0.220 e. The number of carbonyl (C=O) groups excluding carboxylic acids is 1. The molecule has 0 bridgehead atoms. The molecule has 1 amide bonds. The number of pyridine rings is 1. The summed E-state index contributed by atoms with van der Waals surface area (Å²) in [7, 11) is 0. The van der Waals surface area contributed by atoms with Gasteiger partial charge in [-0.1, -0.05) is 32.0 Å². The van der Waals surface area contributed by atoms with Crippen LogP contribution in [-0.2, 0) is 17.6 Å². The Morgan fingerprint density at radius 1 is 1.18 bits per heavy atom. The Labute approximate surface area is 165 Å². The number of nitrogens with zero attached hydrogens (tertiary/aromatic N) is 3. The van der Waals surface area contributed by atoms with Gasteiger partial charge in [0.1, 0.15) is 0 Å². The van der Waals surface area contributed by atoms with E-state index < -0.39 is 0 Å². The van der Waals surface area contributed by atoms with Gasteiger partial charge in [-0.15, -0.1) is 0 Å². The van der Waals surface area contributed by atoms with E-state index in [0.29, 0.717) is 6.42 Å². The molecule has 0 saturated heterocycles. The fourth-order valence-electron chi connectivity index (χ4n) is 4.04. The third-order valence-corrected chi connectivity index (χ3v) is 5.41. The summed E-state index contributed by atoms with van der Waals surface area (Å²) in [5.74, 6) is 0.0814. The number of para-hydroxylation sites is 1. The molecule has 1 aromatic carbocycles. The van der Waals surface area contributed by atoms with Crippen LogP contribution in [0.5, 0.6) is 0 Å². The zero-order valence-electron chi connectivity index (χ0n) is 16.4. The number of rotatable bonds is 5. The van der Waals surface area contributed by atoms with Crippen molar-refractivity contribution < 1.29 is 4.79 Å². The van der Waals surface area contributed by atoms with Crippen LogP contribution in [0.25, 0.3) is 5.69 Å². The van der Waals surface area contributed by atoms with Crippen molar-refractivity contribution in [2.75, 3.05) is 0 Å². The summed E-state index contributed by atoms with van der Waals surface area (Å²) >= 11 is 0. The zero-order valence-corrected chi connectivity index (χ0v) is 16.4. The van der Waals surface area contributed by atoms with Crippen molar-refractivity contribution >= 4 is 5.91 Å². The standard InChI is InChI=1S/C23H26N4O/c1-23(2)14-20(26-22(28)9-8-17-10-12-24-13-11-17)19-16-25-27(21(19)15-23)18-6-4-3-5-7-18/h3-7,10-13,16,20H,8-9,14-15H2,1-2H3,(H,26,28)/t20-/m0/s1. The number of benzene rings is 1. The molecule has 0 aliphatic heterocycles. The molecule has 2 aromatic heterocycles. The molecular formula is C23H26N4O. The Bertz CT molecular complexity index is 947. The summed E-state index contributed by atoms with van der Waals surface area (Å²) in [5.41, 5.74) is 4.63. The van der Waals surface area contributed by atoms with Crippen LogP contribution in [-0.4, -0.2) is 20.7 Å². The molecule has 144 valence electrons. The Morgan fingerprint density at radius 2 is 1.93 bits per heavy atom. The van der Waals surface area contributed by atoms with Crippen molar-refractivity contribution in [3.05, 3.63) is 77.9 Å². The van der Waals surface area contributed by atoms with E-state index in [0.717, 1.165) is 36.1 Å². The molecule has 1 atom stereocenters. The van der Waals surface area contributed by atoms with Gasteiger partial charge in [0.05, 0.1) is 23.6 Å². The van der Waals surface area contributed by atoms with Gasteiger partial charge < -0.3 is 5.32 Å². The molecule has 0 unspecified atom stereocenters. The Morgan fingerprint density at radius 3 is 2.68 bits per heavy atom. The highest BCUT2D eigenvalue weighted by Crippen LogP contribution is 2.41. The molecule has 2 heterocycles.